The van der Waals surface area contributed by atoms with Gasteiger partial charge in [-0.1, -0.05) is 0 Å². The van der Waals surface area contributed by atoms with E-state index in [9.17, 15) is 14.9 Å². The standard InChI is InChI=1S/C11H7N5O3S/c17-11(9-4-20-5-12-9)13-10-7-3-6(16(18)19)1-2-8(7)14-15-10/h1-5H,(H2,13,14,15,17). The fourth-order valence-corrected chi connectivity index (χ4v) is 2.24. The summed E-state index contributed by atoms with van der Waals surface area (Å²) in [6, 6.07) is 4.26. The van der Waals surface area contributed by atoms with E-state index in [1.165, 1.54) is 23.5 Å². The van der Waals surface area contributed by atoms with Gasteiger partial charge in [0, 0.05) is 17.5 Å². The molecule has 100 valence electrons. The van der Waals surface area contributed by atoms with Crippen LogP contribution in [0.5, 0.6) is 0 Å². The highest BCUT2D eigenvalue weighted by atomic mass is 32.1. The van der Waals surface area contributed by atoms with Crippen LogP contribution in [0.25, 0.3) is 10.9 Å². The first-order valence-electron chi connectivity index (χ1n) is 5.47. The summed E-state index contributed by atoms with van der Waals surface area (Å²) in [5.41, 5.74) is 2.35. The van der Waals surface area contributed by atoms with Gasteiger partial charge >= 0.3 is 0 Å². The fraction of sp³-hybridized carbons (Fsp3) is 0. The van der Waals surface area contributed by atoms with Crippen molar-refractivity contribution in [2.75, 3.05) is 5.32 Å². The maximum Gasteiger partial charge on any atom is 0.276 e. The molecule has 0 aliphatic heterocycles. The molecule has 9 heteroatoms. The van der Waals surface area contributed by atoms with Crippen LogP contribution in [0.1, 0.15) is 10.5 Å². The van der Waals surface area contributed by atoms with Crippen molar-refractivity contribution >= 4 is 39.7 Å². The average molecular weight is 289 g/mol. The van der Waals surface area contributed by atoms with Crippen molar-refractivity contribution in [2.45, 2.75) is 0 Å². The minimum atomic E-state index is -0.502. The number of non-ortho nitro benzene ring substituents is 1. The van der Waals surface area contributed by atoms with E-state index in [0.29, 0.717) is 10.9 Å². The molecule has 0 aliphatic rings. The molecular weight excluding hydrogens is 282 g/mol. The number of H-pyrrole nitrogens is 1. The predicted octanol–water partition coefficient (Wildman–Crippen LogP) is 2.18. The first-order chi connectivity index (χ1) is 9.65. The van der Waals surface area contributed by atoms with Gasteiger partial charge in [0.2, 0.25) is 0 Å². The quantitative estimate of drug-likeness (QED) is 0.566. The molecule has 0 aliphatic carbocycles. The maximum absolute atomic E-state index is 11.9. The minimum absolute atomic E-state index is 0.0666. The molecule has 0 saturated heterocycles. The molecule has 20 heavy (non-hydrogen) atoms. The fourth-order valence-electron chi connectivity index (χ4n) is 1.71. The number of aromatic amines is 1. The van der Waals surface area contributed by atoms with Crippen LogP contribution in [0.4, 0.5) is 11.5 Å². The molecule has 0 fully saturated rings. The number of nitrogens with one attached hydrogen (secondary N) is 2. The van der Waals surface area contributed by atoms with E-state index in [-0.39, 0.29) is 17.2 Å². The van der Waals surface area contributed by atoms with E-state index in [1.54, 1.807) is 17.0 Å². The molecule has 0 spiro atoms. The van der Waals surface area contributed by atoms with E-state index in [4.69, 9.17) is 0 Å². The van der Waals surface area contributed by atoms with Crippen molar-refractivity contribution in [3.8, 4) is 0 Å². The van der Waals surface area contributed by atoms with Crippen LogP contribution in [-0.4, -0.2) is 26.0 Å². The highest BCUT2D eigenvalue weighted by Gasteiger charge is 2.15. The molecule has 0 radical (unpaired) electrons. The van der Waals surface area contributed by atoms with Crippen LogP contribution < -0.4 is 5.32 Å². The summed E-state index contributed by atoms with van der Waals surface area (Å²) in [6.45, 7) is 0. The number of aromatic nitrogens is 3. The maximum atomic E-state index is 11.9. The number of nitrogens with zero attached hydrogens (tertiary/aromatic N) is 3. The normalized spacial score (nSPS) is 10.6. The Morgan fingerprint density at radius 2 is 2.30 bits per heavy atom. The minimum Gasteiger partial charge on any atom is -0.303 e. The zero-order chi connectivity index (χ0) is 14.1. The third-order valence-electron chi connectivity index (χ3n) is 2.65. The molecule has 2 heterocycles. The Morgan fingerprint density at radius 3 is 3.00 bits per heavy atom. The lowest BCUT2D eigenvalue weighted by molar-refractivity contribution is -0.384. The Labute approximate surface area is 115 Å². The molecule has 0 atom stereocenters. The molecule has 3 rings (SSSR count). The smallest absolute Gasteiger partial charge is 0.276 e. The number of rotatable bonds is 3. The summed E-state index contributed by atoms with van der Waals surface area (Å²) >= 11 is 1.30. The molecule has 1 aromatic carbocycles. The number of benzene rings is 1. The number of amides is 1. The molecule has 0 unspecified atom stereocenters. The monoisotopic (exact) mass is 289 g/mol. The second-order valence-corrected chi connectivity index (χ2v) is 4.61. The van der Waals surface area contributed by atoms with Crippen molar-refractivity contribution in [3.05, 3.63) is 44.9 Å². The van der Waals surface area contributed by atoms with Crippen LogP contribution in [-0.2, 0) is 0 Å². The zero-order valence-electron chi connectivity index (χ0n) is 9.86. The van der Waals surface area contributed by atoms with Gasteiger partial charge in [0.1, 0.15) is 5.69 Å². The zero-order valence-corrected chi connectivity index (χ0v) is 10.7. The molecule has 1 amide bonds. The number of hydrogen-bond acceptors (Lipinski definition) is 6. The van der Waals surface area contributed by atoms with Crippen molar-refractivity contribution in [3.63, 3.8) is 0 Å². The number of thiazole rings is 1. The van der Waals surface area contributed by atoms with E-state index in [1.807, 2.05) is 0 Å². The molecule has 2 N–H and O–H groups in total. The van der Waals surface area contributed by atoms with Crippen LogP contribution in [0.2, 0.25) is 0 Å². The predicted molar refractivity (Wildman–Crippen MR) is 72.8 cm³/mol. The Kier molecular flexibility index (Phi) is 2.88. The van der Waals surface area contributed by atoms with E-state index < -0.39 is 10.8 Å². The summed E-state index contributed by atoms with van der Waals surface area (Å²) < 4.78 is 0. The number of nitro benzene ring substituents is 1. The summed E-state index contributed by atoms with van der Waals surface area (Å²) in [6.07, 6.45) is 0. The average Bonchev–Trinajstić information content (AvgIpc) is 3.08. The molecule has 0 bridgehead atoms. The number of carbonyl (C=O) groups is 1. The van der Waals surface area contributed by atoms with Crippen molar-refractivity contribution < 1.29 is 9.72 Å². The largest absolute Gasteiger partial charge is 0.303 e. The topological polar surface area (TPSA) is 114 Å². The highest BCUT2D eigenvalue weighted by molar-refractivity contribution is 7.07. The van der Waals surface area contributed by atoms with Gasteiger partial charge in [0.05, 0.1) is 21.3 Å². The van der Waals surface area contributed by atoms with Crippen LogP contribution in [0.3, 0.4) is 0 Å². The van der Waals surface area contributed by atoms with Gasteiger partial charge in [-0.2, -0.15) is 5.10 Å². The lowest BCUT2D eigenvalue weighted by atomic mass is 10.2. The third kappa shape index (κ3) is 2.10. The summed E-state index contributed by atoms with van der Waals surface area (Å²) in [4.78, 5) is 26.0. The molecule has 0 saturated carbocycles. The first-order valence-corrected chi connectivity index (χ1v) is 6.41. The van der Waals surface area contributed by atoms with Crippen LogP contribution in [0.15, 0.2) is 29.1 Å². The highest BCUT2D eigenvalue weighted by Crippen LogP contribution is 2.25. The van der Waals surface area contributed by atoms with Crippen LogP contribution >= 0.6 is 11.3 Å². The number of nitro groups is 1. The van der Waals surface area contributed by atoms with Crippen molar-refractivity contribution in [1.29, 1.82) is 0 Å². The number of fused-ring (bicyclic) bond motifs is 1. The summed E-state index contributed by atoms with van der Waals surface area (Å²) in [7, 11) is 0. The van der Waals surface area contributed by atoms with Gasteiger partial charge in [0.15, 0.2) is 5.82 Å². The second kappa shape index (κ2) is 4.70. The summed E-state index contributed by atoms with van der Waals surface area (Å²) in [5.74, 6) is -0.173. The first kappa shape index (κ1) is 12.2. The number of carbonyl (C=O) groups excluding carboxylic acids is 1. The van der Waals surface area contributed by atoms with Gasteiger partial charge in [-0.15, -0.1) is 11.3 Å². The Morgan fingerprint density at radius 1 is 1.45 bits per heavy atom. The molecule has 2 aromatic heterocycles. The van der Waals surface area contributed by atoms with Gasteiger partial charge in [-0.3, -0.25) is 20.0 Å². The molecular formula is C11H7N5O3S. The van der Waals surface area contributed by atoms with Gasteiger partial charge in [-0.25, -0.2) is 4.98 Å². The Hall–Kier alpha value is -2.81. The third-order valence-corrected chi connectivity index (χ3v) is 3.24. The Bertz CT molecular complexity index is 796. The van der Waals surface area contributed by atoms with E-state index in [0.717, 1.165) is 0 Å². The van der Waals surface area contributed by atoms with Crippen molar-refractivity contribution in [2.24, 2.45) is 0 Å². The van der Waals surface area contributed by atoms with Gasteiger partial charge < -0.3 is 5.32 Å². The molecule has 8 nitrogen and oxygen atoms in total. The number of anilines is 1. The van der Waals surface area contributed by atoms with E-state index >= 15 is 0 Å². The lowest BCUT2D eigenvalue weighted by Gasteiger charge is -1.99. The Balaban J connectivity index is 1.97. The molecule has 3 aromatic rings. The SMILES string of the molecule is O=C(Nc1n[nH]c2ccc([N+](=O)[O-])cc12)c1cscn1. The second-order valence-electron chi connectivity index (χ2n) is 3.89. The summed E-state index contributed by atoms with van der Waals surface area (Å²) in [5, 5.41) is 22.1. The van der Waals surface area contributed by atoms with Crippen LogP contribution in [0, 0.1) is 10.1 Å². The van der Waals surface area contributed by atoms with Gasteiger partial charge in [0.25, 0.3) is 11.6 Å². The van der Waals surface area contributed by atoms with Gasteiger partial charge in [-0.05, 0) is 6.07 Å². The number of hydrogen-bond donors (Lipinski definition) is 2. The lowest BCUT2D eigenvalue weighted by Crippen LogP contribution is -2.12. The van der Waals surface area contributed by atoms with E-state index in [2.05, 4.69) is 20.5 Å². The van der Waals surface area contributed by atoms with Crippen molar-refractivity contribution in [1.82, 2.24) is 15.2 Å².